The third kappa shape index (κ3) is 8.92. The molecule has 3 aromatic carbocycles. The lowest BCUT2D eigenvalue weighted by Gasteiger charge is -2.43. The van der Waals surface area contributed by atoms with Gasteiger partial charge in [0.25, 0.3) is 0 Å². The molecule has 2 fully saturated rings. The topological polar surface area (TPSA) is 109 Å². The van der Waals surface area contributed by atoms with E-state index in [-0.39, 0.29) is 37.9 Å². The minimum Gasteiger partial charge on any atom is -0.465 e. The number of benzene rings is 3. The van der Waals surface area contributed by atoms with Crippen LogP contribution < -0.4 is 10.6 Å². The predicted molar refractivity (Wildman–Crippen MR) is 172 cm³/mol. The van der Waals surface area contributed by atoms with E-state index in [1.54, 1.807) is 6.92 Å². The molecule has 0 saturated carbocycles. The van der Waals surface area contributed by atoms with E-state index in [9.17, 15) is 14.7 Å². The zero-order chi connectivity index (χ0) is 31.6. The number of amides is 2. The highest BCUT2D eigenvalue weighted by atomic mass is 16.7. The van der Waals surface area contributed by atoms with Gasteiger partial charge in [0.2, 0.25) is 0 Å². The Bertz CT molecular complexity index is 1390. The second kappa shape index (κ2) is 16.0. The van der Waals surface area contributed by atoms with Gasteiger partial charge in [-0.15, -0.1) is 0 Å². The van der Waals surface area contributed by atoms with Gasteiger partial charge in [0.05, 0.1) is 25.4 Å². The SMILES string of the molecule is CCOC(=O)CNC(=O)NCc1cccc(-c2ccc([C@H]3O[C@@H](CN4CCCCC4)[C@@H](C)[C@@H](c4ccc(CO)cc4)O3)cc2)c1. The average Bonchev–Trinajstić information content (AvgIpc) is 3.08. The van der Waals surface area contributed by atoms with Crippen LogP contribution in [0.3, 0.4) is 0 Å². The van der Waals surface area contributed by atoms with Crippen molar-refractivity contribution in [3.05, 3.63) is 95.1 Å². The Morgan fingerprint density at radius 1 is 0.889 bits per heavy atom. The summed E-state index contributed by atoms with van der Waals surface area (Å²) >= 11 is 0. The summed E-state index contributed by atoms with van der Waals surface area (Å²) in [5.41, 5.74) is 5.93. The van der Waals surface area contributed by atoms with Crippen molar-refractivity contribution in [1.29, 1.82) is 0 Å². The summed E-state index contributed by atoms with van der Waals surface area (Å²) in [5, 5.41) is 14.8. The number of nitrogens with zero attached hydrogens (tertiary/aromatic N) is 1. The number of aliphatic hydroxyl groups is 1. The number of nitrogens with one attached hydrogen (secondary N) is 2. The number of rotatable bonds is 11. The Balaban J connectivity index is 1.27. The number of aliphatic hydroxyl groups excluding tert-OH is 1. The third-order valence-electron chi connectivity index (χ3n) is 8.61. The van der Waals surface area contributed by atoms with Crippen LogP contribution in [0.15, 0.2) is 72.8 Å². The number of urea groups is 1. The molecular formula is C36H45N3O6. The van der Waals surface area contributed by atoms with Gasteiger partial charge in [0, 0.05) is 24.6 Å². The molecule has 5 rings (SSSR count). The standard InChI is InChI=1S/C36H45N3O6/c1-3-43-33(41)22-38-36(42)37-21-27-8-7-9-31(20-27)28-14-16-30(17-15-28)35-44-32(23-39-18-5-4-6-19-39)25(2)34(45-35)29-12-10-26(24-40)11-13-29/h7-17,20,25,32,34-35,40H,3-6,18-19,21-24H2,1-2H3,(H2,37,38,42)/t25-,32+,34+,35+/m1/s1. The van der Waals surface area contributed by atoms with E-state index in [4.69, 9.17) is 14.2 Å². The van der Waals surface area contributed by atoms with Crippen molar-refractivity contribution < 1.29 is 28.9 Å². The first-order valence-electron chi connectivity index (χ1n) is 16.0. The molecule has 0 spiro atoms. The molecule has 2 aliphatic heterocycles. The normalized spacial score (nSPS) is 22.0. The number of hydrogen-bond acceptors (Lipinski definition) is 7. The number of esters is 1. The molecule has 2 amide bonds. The van der Waals surface area contributed by atoms with Crippen LogP contribution in [0.5, 0.6) is 0 Å². The van der Waals surface area contributed by atoms with Crippen LogP contribution in [0.2, 0.25) is 0 Å². The van der Waals surface area contributed by atoms with Gasteiger partial charge in [-0.3, -0.25) is 4.79 Å². The van der Waals surface area contributed by atoms with Crippen LogP contribution in [0.4, 0.5) is 4.79 Å². The first-order chi connectivity index (χ1) is 21.9. The Morgan fingerprint density at radius 3 is 2.33 bits per heavy atom. The van der Waals surface area contributed by atoms with Crippen molar-refractivity contribution >= 4 is 12.0 Å². The van der Waals surface area contributed by atoms with Crippen molar-refractivity contribution in [3.63, 3.8) is 0 Å². The zero-order valence-electron chi connectivity index (χ0n) is 26.2. The summed E-state index contributed by atoms with van der Waals surface area (Å²) in [6, 6.07) is 23.9. The molecule has 0 aromatic heterocycles. The molecule has 0 aliphatic carbocycles. The van der Waals surface area contributed by atoms with Crippen molar-refractivity contribution in [3.8, 4) is 11.1 Å². The highest BCUT2D eigenvalue weighted by Gasteiger charge is 2.39. The molecule has 2 heterocycles. The molecule has 9 nitrogen and oxygen atoms in total. The highest BCUT2D eigenvalue weighted by molar-refractivity contribution is 5.80. The first-order valence-corrected chi connectivity index (χ1v) is 16.0. The first kappa shape index (κ1) is 32.6. The number of carbonyl (C=O) groups excluding carboxylic acids is 2. The summed E-state index contributed by atoms with van der Waals surface area (Å²) in [7, 11) is 0. The lowest BCUT2D eigenvalue weighted by molar-refractivity contribution is -0.276. The Morgan fingerprint density at radius 2 is 1.62 bits per heavy atom. The molecule has 0 unspecified atom stereocenters. The van der Waals surface area contributed by atoms with Crippen LogP contribution in [-0.2, 0) is 32.2 Å². The molecule has 240 valence electrons. The van der Waals surface area contributed by atoms with E-state index in [1.165, 1.54) is 19.3 Å². The fraction of sp³-hybridized carbons (Fsp3) is 0.444. The van der Waals surface area contributed by atoms with E-state index in [1.807, 2.05) is 36.4 Å². The van der Waals surface area contributed by atoms with E-state index in [2.05, 4.69) is 58.9 Å². The summed E-state index contributed by atoms with van der Waals surface area (Å²) < 4.78 is 18.2. The van der Waals surface area contributed by atoms with Crippen molar-refractivity contribution in [1.82, 2.24) is 15.5 Å². The van der Waals surface area contributed by atoms with Gasteiger partial charge in [0.15, 0.2) is 6.29 Å². The molecule has 9 heteroatoms. The van der Waals surface area contributed by atoms with Gasteiger partial charge in [-0.05, 0) is 66.7 Å². The lowest BCUT2D eigenvalue weighted by Crippen LogP contribution is -2.45. The predicted octanol–water partition coefficient (Wildman–Crippen LogP) is 5.49. The summed E-state index contributed by atoms with van der Waals surface area (Å²) in [6.07, 6.45) is 3.13. The lowest BCUT2D eigenvalue weighted by atomic mass is 9.89. The smallest absolute Gasteiger partial charge is 0.325 e. The maximum absolute atomic E-state index is 12.1. The number of piperidine rings is 1. The third-order valence-corrected chi connectivity index (χ3v) is 8.61. The quantitative estimate of drug-likeness (QED) is 0.245. The Hall–Kier alpha value is -3.76. The van der Waals surface area contributed by atoms with Crippen LogP contribution >= 0.6 is 0 Å². The summed E-state index contributed by atoms with van der Waals surface area (Å²) in [4.78, 5) is 26.1. The Labute approximate surface area is 265 Å². The summed E-state index contributed by atoms with van der Waals surface area (Å²) in [5.74, 6) is -0.313. The van der Waals surface area contributed by atoms with E-state index in [0.717, 1.165) is 53.0 Å². The molecule has 2 aliphatic rings. The highest BCUT2D eigenvalue weighted by Crippen LogP contribution is 2.42. The minimum absolute atomic E-state index is 0.0164. The van der Waals surface area contributed by atoms with Gasteiger partial charge in [-0.25, -0.2) is 4.79 Å². The molecule has 2 saturated heterocycles. The van der Waals surface area contributed by atoms with E-state index in [0.29, 0.717) is 6.54 Å². The molecular weight excluding hydrogens is 570 g/mol. The molecule has 3 N–H and O–H groups in total. The van der Waals surface area contributed by atoms with Gasteiger partial charge < -0.3 is 34.9 Å². The molecule has 0 bridgehead atoms. The second-order valence-corrected chi connectivity index (χ2v) is 11.8. The number of ether oxygens (including phenoxy) is 3. The van der Waals surface area contributed by atoms with Crippen molar-refractivity contribution in [2.45, 2.75) is 64.8 Å². The van der Waals surface area contributed by atoms with Crippen molar-refractivity contribution in [2.75, 3.05) is 32.8 Å². The minimum atomic E-state index is -0.504. The van der Waals surface area contributed by atoms with Gasteiger partial charge in [-0.1, -0.05) is 80.1 Å². The fourth-order valence-corrected chi connectivity index (χ4v) is 6.03. The fourth-order valence-electron chi connectivity index (χ4n) is 6.03. The van der Waals surface area contributed by atoms with Crippen molar-refractivity contribution in [2.24, 2.45) is 5.92 Å². The number of likely N-dealkylation sites (tertiary alicyclic amines) is 1. The van der Waals surface area contributed by atoms with Gasteiger partial charge >= 0.3 is 12.0 Å². The largest absolute Gasteiger partial charge is 0.465 e. The van der Waals surface area contributed by atoms with Crippen LogP contribution in [0.25, 0.3) is 11.1 Å². The van der Waals surface area contributed by atoms with Crippen LogP contribution in [0.1, 0.15) is 67.8 Å². The van der Waals surface area contributed by atoms with E-state index < -0.39 is 18.3 Å². The van der Waals surface area contributed by atoms with Crippen LogP contribution in [-0.4, -0.2) is 60.9 Å². The average molecular weight is 616 g/mol. The molecule has 0 radical (unpaired) electrons. The second-order valence-electron chi connectivity index (χ2n) is 11.8. The number of carbonyl (C=O) groups is 2. The number of hydrogen-bond donors (Lipinski definition) is 3. The molecule has 45 heavy (non-hydrogen) atoms. The molecule has 3 aromatic rings. The Kier molecular flexibility index (Phi) is 11.6. The monoisotopic (exact) mass is 615 g/mol. The summed E-state index contributed by atoms with van der Waals surface area (Å²) in [6.45, 7) is 7.47. The molecule has 4 atom stereocenters. The zero-order valence-corrected chi connectivity index (χ0v) is 26.2. The van der Waals surface area contributed by atoms with E-state index >= 15 is 0 Å². The van der Waals surface area contributed by atoms with Crippen LogP contribution in [0, 0.1) is 5.92 Å². The van der Waals surface area contributed by atoms with Gasteiger partial charge in [0.1, 0.15) is 6.54 Å². The maximum Gasteiger partial charge on any atom is 0.325 e. The van der Waals surface area contributed by atoms with Gasteiger partial charge in [-0.2, -0.15) is 0 Å². The maximum atomic E-state index is 12.1.